The van der Waals surface area contributed by atoms with Crippen LogP contribution < -0.4 is 15.1 Å². The fourth-order valence-corrected chi connectivity index (χ4v) is 2.00. The highest BCUT2D eigenvalue weighted by molar-refractivity contribution is 5.39. The maximum atomic E-state index is 7.59. The van der Waals surface area contributed by atoms with Gasteiger partial charge in [0, 0.05) is 13.1 Å². The van der Waals surface area contributed by atoms with Crippen molar-refractivity contribution >= 4 is 5.82 Å². The van der Waals surface area contributed by atoms with Crippen molar-refractivity contribution < 1.29 is 4.74 Å². The molecular weight excluding hydrogens is 268 g/mol. The summed E-state index contributed by atoms with van der Waals surface area (Å²) in [6, 6.07) is 11.2. The molecule has 1 aromatic heterocycles. The molecule has 2 rings (SSSR count). The van der Waals surface area contributed by atoms with Crippen molar-refractivity contribution in [1.29, 1.82) is 10.9 Å². The van der Waals surface area contributed by atoms with E-state index in [4.69, 9.17) is 15.7 Å². The Morgan fingerprint density at radius 1 is 1.33 bits per heavy atom. The van der Waals surface area contributed by atoms with Gasteiger partial charge in [-0.2, -0.15) is 5.53 Å². The molecule has 0 atom stereocenters. The Balaban J connectivity index is 2.27. The number of rotatable bonds is 6. The van der Waals surface area contributed by atoms with Crippen LogP contribution in [0, 0.1) is 10.9 Å². The standard InChI is InChI=1S/C14H18N6O/c1-3-19(10-11-5-4-6-12(9-11)21-2)14-8-7-13(15)20(17-14)18-16/h4-9,15-16H,3,10H2,1-2H3. The highest BCUT2D eigenvalue weighted by Crippen LogP contribution is 2.17. The van der Waals surface area contributed by atoms with Crippen molar-refractivity contribution in [3.63, 3.8) is 0 Å². The van der Waals surface area contributed by atoms with Crippen LogP contribution in [-0.2, 0) is 6.54 Å². The van der Waals surface area contributed by atoms with Crippen molar-refractivity contribution in [3.05, 3.63) is 47.4 Å². The number of methoxy groups -OCH3 is 1. The third-order valence-electron chi connectivity index (χ3n) is 3.11. The van der Waals surface area contributed by atoms with E-state index < -0.39 is 0 Å². The fourth-order valence-electron chi connectivity index (χ4n) is 2.00. The summed E-state index contributed by atoms with van der Waals surface area (Å²) in [5, 5.41) is 15.0. The summed E-state index contributed by atoms with van der Waals surface area (Å²) in [7, 11) is 1.64. The van der Waals surface area contributed by atoms with E-state index in [9.17, 15) is 0 Å². The van der Waals surface area contributed by atoms with Crippen molar-refractivity contribution in [2.24, 2.45) is 5.22 Å². The molecule has 0 unspecified atom stereocenters. The number of hydrogen-bond acceptors (Lipinski definition) is 6. The first-order chi connectivity index (χ1) is 10.2. The molecule has 21 heavy (non-hydrogen) atoms. The lowest BCUT2D eigenvalue weighted by Gasteiger charge is -2.22. The molecule has 0 saturated carbocycles. The summed E-state index contributed by atoms with van der Waals surface area (Å²) < 4.78 is 5.23. The Morgan fingerprint density at radius 2 is 2.14 bits per heavy atom. The largest absolute Gasteiger partial charge is 0.497 e. The van der Waals surface area contributed by atoms with E-state index in [0.717, 1.165) is 22.6 Å². The van der Waals surface area contributed by atoms with E-state index in [1.54, 1.807) is 19.2 Å². The summed E-state index contributed by atoms with van der Waals surface area (Å²) in [5.74, 6) is 1.49. The van der Waals surface area contributed by atoms with Crippen LogP contribution in [0.25, 0.3) is 0 Å². The Bertz CT molecular complexity index is 681. The Labute approximate surface area is 122 Å². The van der Waals surface area contributed by atoms with Gasteiger partial charge in [-0.1, -0.05) is 17.4 Å². The van der Waals surface area contributed by atoms with Gasteiger partial charge in [-0.15, -0.1) is 9.89 Å². The molecule has 0 aliphatic carbocycles. The normalized spacial score (nSPS) is 10.2. The van der Waals surface area contributed by atoms with Crippen LogP contribution in [0.5, 0.6) is 5.75 Å². The van der Waals surface area contributed by atoms with Crippen LogP contribution in [0.1, 0.15) is 12.5 Å². The molecule has 0 spiro atoms. The first-order valence-electron chi connectivity index (χ1n) is 6.58. The zero-order valence-electron chi connectivity index (χ0n) is 12.1. The average molecular weight is 286 g/mol. The summed E-state index contributed by atoms with van der Waals surface area (Å²) in [6.45, 7) is 3.44. The molecule has 7 nitrogen and oxygen atoms in total. The van der Waals surface area contributed by atoms with E-state index in [2.05, 4.69) is 10.3 Å². The summed E-state index contributed by atoms with van der Waals surface area (Å²) in [6.07, 6.45) is 0. The molecule has 0 aliphatic heterocycles. The number of hydrogen-bond donors (Lipinski definition) is 2. The minimum Gasteiger partial charge on any atom is -0.497 e. The third kappa shape index (κ3) is 3.44. The van der Waals surface area contributed by atoms with Gasteiger partial charge in [-0.3, -0.25) is 5.41 Å². The van der Waals surface area contributed by atoms with Gasteiger partial charge in [0.1, 0.15) is 5.75 Å². The second-order valence-corrected chi connectivity index (χ2v) is 4.43. The van der Waals surface area contributed by atoms with Crippen molar-refractivity contribution in [3.8, 4) is 5.75 Å². The predicted molar refractivity (Wildman–Crippen MR) is 78.3 cm³/mol. The Kier molecular flexibility index (Phi) is 4.65. The highest BCUT2D eigenvalue weighted by Gasteiger charge is 2.08. The third-order valence-corrected chi connectivity index (χ3v) is 3.11. The van der Waals surface area contributed by atoms with Gasteiger partial charge in [0.05, 0.1) is 7.11 Å². The summed E-state index contributed by atoms with van der Waals surface area (Å²) in [5.41, 5.74) is 8.20. The monoisotopic (exact) mass is 286 g/mol. The van der Waals surface area contributed by atoms with Gasteiger partial charge in [-0.25, -0.2) is 0 Å². The smallest absolute Gasteiger partial charge is 0.168 e. The molecule has 0 saturated heterocycles. The van der Waals surface area contributed by atoms with Crippen molar-refractivity contribution in [2.45, 2.75) is 13.5 Å². The Hall–Kier alpha value is -2.70. The van der Waals surface area contributed by atoms with Crippen LogP contribution in [0.15, 0.2) is 41.6 Å². The number of ether oxygens (including phenoxy) is 1. The first-order valence-corrected chi connectivity index (χ1v) is 6.58. The lowest BCUT2D eigenvalue weighted by molar-refractivity contribution is 0.414. The number of anilines is 1. The SMILES string of the molecule is CCN(Cc1cccc(OC)c1)c1ccc(=N)n(N=N)n1. The quantitative estimate of drug-likeness (QED) is 0.797. The number of aromatic nitrogens is 2. The minimum atomic E-state index is 0.0752. The number of benzene rings is 1. The maximum Gasteiger partial charge on any atom is 0.168 e. The van der Waals surface area contributed by atoms with E-state index in [-0.39, 0.29) is 5.49 Å². The summed E-state index contributed by atoms with van der Waals surface area (Å²) in [4.78, 5) is 3.03. The molecule has 0 amide bonds. The van der Waals surface area contributed by atoms with Gasteiger partial charge < -0.3 is 9.64 Å². The molecule has 7 heteroatoms. The number of nitrogens with one attached hydrogen (secondary N) is 2. The zero-order chi connectivity index (χ0) is 15.2. The summed E-state index contributed by atoms with van der Waals surface area (Å²) >= 11 is 0. The van der Waals surface area contributed by atoms with Gasteiger partial charge in [0.25, 0.3) is 0 Å². The Morgan fingerprint density at radius 3 is 2.81 bits per heavy atom. The predicted octanol–water partition coefficient (Wildman–Crippen LogP) is 2.19. The van der Waals surface area contributed by atoms with Gasteiger partial charge in [-0.05, 0) is 36.8 Å². The first kappa shape index (κ1) is 14.7. The van der Waals surface area contributed by atoms with E-state index in [1.807, 2.05) is 36.1 Å². The fraction of sp³-hybridized carbons (Fsp3) is 0.286. The molecule has 2 N–H and O–H groups in total. The van der Waals surface area contributed by atoms with Gasteiger partial charge in [0.2, 0.25) is 0 Å². The second-order valence-electron chi connectivity index (χ2n) is 4.43. The second kappa shape index (κ2) is 6.65. The van der Waals surface area contributed by atoms with Crippen LogP contribution in [0.4, 0.5) is 5.82 Å². The van der Waals surface area contributed by atoms with E-state index in [1.165, 1.54) is 0 Å². The maximum absolute atomic E-state index is 7.59. The molecule has 1 heterocycles. The molecule has 0 bridgehead atoms. The molecule has 0 radical (unpaired) electrons. The molecule has 0 fully saturated rings. The molecule has 0 aliphatic rings. The molecule has 110 valence electrons. The van der Waals surface area contributed by atoms with E-state index in [0.29, 0.717) is 12.4 Å². The lowest BCUT2D eigenvalue weighted by Crippen LogP contribution is -2.27. The van der Waals surface area contributed by atoms with Crippen LogP contribution in [0.3, 0.4) is 0 Å². The van der Waals surface area contributed by atoms with Crippen molar-refractivity contribution in [1.82, 2.24) is 9.89 Å². The van der Waals surface area contributed by atoms with E-state index >= 15 is 0 Å². The molecular formula is C14H18N6O. The van der Waals surface area contributed by atoms with Crippen molar-refractivity contribution in [2.75, 3.05) is 18.6 Å². The molecule has 1 aromatic carbocycles. The topological polar surface area (TPSA) is 90.4 Å². The average Bonchev–Trinajstić information content (AvgIpc) is 2.53. The van der Waals surface area contributed by atoms with Crippen LogP contribution in [-0.4, -0.2) is 23.5 Å². The van der Waals surface area contributed by atoms with Crippen LogP contribution >= 0.6 is 0 Å². The minimum absolute atomic E-state index is 0.0752. The number of nitrogens with zero attached hydrogens (tertiary/aromatic N) is 4. The van der Waals surface area contributed by atoms with Crippen LogP contribution in [0.2, 0.25) is 0 Å². The highest BCUT2D eigenvalue weighted by atomic mass is 16.5. The zero-order valence-corrected chi connectivity index (χ0v) is 12.1. The van der Waals surface area contributed by atoms with Gasteiger partial charge in [0.15, 0.2) is 11.3 Å². The lowest BCUT2D eigenvalue weighted by atomic mass is 10.2. The van der Waals surface area contributed by atoms with Gasteiger partial charge >= 0.3 is 0 Å². The molecule has 2 aromatic rings.